The third kappa shape index (κ3) is 1.85. The molecule has 0 radical (unpaired) electrons. The van der Waals surface area contributed by atoms with Crippen LogP contribution in [0.25, 0.3) is 0 Å². The summed E-state index contributed by atoms with van der Waals surface area (Å²) in [6.45, 7) is 2.24. The highest BCUT2D eigenvalue weighted by atomic mass is 14.9. The molecule has 3 nitrogen and oxygen atoms in total. The zero-order valence-corrected chi connectivity index (χ0v) is 9.58. The van der Waals surface area contributed by atoms with E-state index < -0.39 is 0 Å². The number of nitrogens with one attached hydrogen (secondary N) is 1. The van der Waals surface area contributed by atoms with Crippen molar-refractivity contribution in [1.82, 2.24) is 10.3 Å². The fourth-order valence-corrected chi connectivity index (χ4v) is 2.84. The lowest BCUT2D eigenvalue weighted by atomic mass is 9.95. The minimum Gasteiger partial charge on any atom is -0.327 e. The molecular weight excluding hydrogens is 198 g/mol. The molecular formula is C13H19N3. The SMILES string of the molecule is NC1Cc2ccc(C3CCCNC3)nc2C1. The predicted molar refractivity (Wildman–Crippen MR) is 64.5 cm³/mol. The van der Waals surface area contributed by atoms with Crippen LogP contribution in [0.1, 0.15) is 35.7 Å². The maximum atomic E-state index is 5.96. The summed E-state index contributed by atoms with van der Waals surface area (Å²) in [5.41, 5.74) is 9.83. The summed E-state index contributed by atoms with van der Waals surface area (Å²) in [6, 6.07) is 4.73. The molecule has 3 heteroatoms. The molecule has 2 heterocycles. The standard InChI is InChI=1S/C13H19N3/c14-11-6-9-3-4-12(16-13(9)7-11)10-2-1-5-15-8-10/h3-4,10-11,15H,1-2,5-8,14H2. The fraction of sp³-hybridized carbons (Fsp3) is 0.615. The molecule has 2 aliphatic rings. The molecule has 1 fully saturated rings. The topological polar surface area (TPSA) is 50.9 Å². The van der Waals surface area contributed by atoms with E-state index in [-0.39, 0.29) is 0 Å². The summed E-state index contributed by atoms with van der Waals surface area (Å²) in [7, 11) is 0. The van der Waals surface area contributed by atoms with E-state index in [9.17, 15) is 0 Å². The number of hydrogen-bond donors (Lipinski definition) is 2. The Hall–Kier alpha value is -0.930. The number of pyridine rings is 1. The van der Waals surface area contributed by atoms with E-state index in [4.69, 9.17) is 10.7 Å². The molecule has 1 aromatic rings. The van der Waals surface area contributed by atoms with E-state index in [0.29, 0.717) is 12.0 Å². The van der Waals surface area contributed by atoms with Crippen molar-refractivity contribution in [2.45, 2.75) is 37.6 Å². The molecule has 1 saturated heterocycles. The van der Waals surface area contributed by atoms with E-state index in [1.165, 1.54) is 29.8 Å². The highest BCUT2D eigenvalue weighted by Crippen LogP contribution is 2.25. The van der Waals surface area contributed by atoms with Crippen molar-refractivity contribution in [3.05, 3.63) is 29.1 Å². The molecule has 0 amide bonds. The van der Waals surface area contributed by atoms with Crippen LogP contribution in [-0.2, 0) is 12.8 Å². The van der Waals surface area contributed by atoms with Crippen molar-refractivity contribution in [1.29, 1.82) is 0 Å². The summed E-state index contributed by atoms with van der Waals surface area (Å²) in [5, 5.41) is 3.45. The van der Waals surface area contributed by atoms with Gasteiger partial charge in [0.25, 0.3) is 0 Å². The zero-order chi connectivity index (χ0) is 11.0. The highest BCUT2D eigenvalue weighted by Gasteiger charge is 2.22. The normalized spacial score (nSPS) is 29.1. The van der Waals surface area contributed by atoms with Crippen molar-refractivity contribution in [3.63, 3.8) is 0 Å². The van der Waals surface area contributed by atoms with Gasteiger partial charge in [-0.05, 0) is 37.4 Å². The Balaban J connectivity index is 1.84. The Bertz CT molecular complexity index is 383. The van der Waals surface area contributed by atoms with Gasteiger partial charge in [0.1, 0.15) is 0 Å². The molecule has 2 unspecified atom stereocenters. The maximum absolute atomic E-state index is 5.96. The number of hydrogen-bond acceptors (Lipinski definition) is 3. The molecule has 3 N–H and O–H groups in total. The Morgan fingerprint density at radius 3 is 3.06 bits per heavy atom. The van der Waals surface area contributed by atoms with E-state index in [0.717, 1.165) is 25.9 Å². The lowest BCUT2D eigenvalue weighted by Crippen LogP contribution is -2.29. The van der Waals surface area contributed by atoms with Gasteiger partial charge in [-0.2, -0.15) is 0 Å². The molecule has 86 valence electrons. The number of piperidine rings is 1. The second kappa shape index (κ2) is 4.15. The number of aromatic nitrogens is 1. The van der Waals surface area contributed by atoms with Gasteiger partial charge in [0, 0.05) is 36.3 Å². The fourth-order valence-electron chi connectivity index (χ4n) is 2.84. The van der Waals surface area contributed by atoms with Gasteiger partial charge >= 0.3 is 0 Å². The van der Waals surface area contributed by atoms with Crippen LogP contribution in [0.15, 0.2) is 12.1 Å². The number of rotatable bonds is 1. The average Bonchev–Trinajstić information content (AvgIpc) is 2.69. The Morgan fingerprint density at radius 2 is 2.25 bits per heavy atom. The zero-order valence-electron chi connectivity index (χ0n) is 9.58. The first-order chi connectivity index (χ1) is 7.83. The van der Waals surface area contributed by atoms with Crippen molar-refractivity contribution >= 4 is 0 Å². The molecule has 0 aromatic carbocycles. The van der Waals surface area contributed by atoms with Gasteiger partial charge < -0.3 is 11.1 Å². The largest absolute Gasteiger partial charge is 0.327 e. The Morgan fingerprint density at radius 1 is 1.31 bits per heavy atom. The summed E-state index contributed by atoms with van der Waals surface area (Å²) in [6.07, 6.45) is 4.50. The predicted octanol–water partition coefficient (Wildman–Crippen LogP) is 0.974. The number of fused-ring (bicyclic) bond motifs is 1. The molecule has 1 aromatic heterocycles. The van der Waals surface area contributed by atoms with Gasteiger partial charge in [0.15, 0.2) is 0 Å². The van der Waals surface area contributed by atoms with E-state index in [1.54, 1.807) is 0 Å². The van der Waals surface area contributed by atoms with Crippen molar-refractivity contribution in [3.8, 4) is 0 Å². The molecule has 1 aliphatic carbocycles. The van der Waals surface area contributed by atoms with Gasteiger partial charge in [0.2, 0.25) is 0 Å². The maximum Gasteiger partial charge on any atom is 0.0455 e. The minimum atomic E-state index is 0.294. The summed E-state index contributed by atoms with van der Waals surface area (Å²) >= 11 is 0. The smallest absolute Gasteiger partial charge is 0.0455 e. The van der Waals surface area contributed by atoms with Gasteiger partial charge in [0.05, 0.1) is 0 Å². The third-order valence-corrected chi connectivity index (χ3v) is 3.74. The summed E-state index contributed by atoms with van der Waals surface area (Å²) < 4.78 is 0. The van der Waals surface area contributed by atoms with Crippen LogP contribution in [0, 0.1) is 0 Å². The van der Waals surface area contributed by atoms with Crippen LogP contribution in [0.2, 0.25) is 0 Å². The summed E-state index contributed by atoms with van der Waals surface area (Å²) in [5.74, 6) is 0.607. The number of nitrogens with zero attached hydrogens (tertiary/aromatic N) is 1. The van der Waals surface area contributed by atoms with E-state index >= 15 is 0 Å². The van der Waals surface area contributed by atoms with Crippen molar-refractivity contribution in [2.75, 3.05) is 13.1 Å². The Labute approximate surface area is 96.4 Å². The lowest BCUT2D eigenvalue weighted by molar-refractivity contribution is 0.454. The first-order valence-corrected chi connectivity index (χ1v) is 6.28. The van der Waals surface area contributed by atoms with Crippen LogP contribution >= 0.6 is 0 Å². The quantitative estimate of drug-likeness (QED) is 0.737. The third-order valence-electron chi connectivity index (χ3n) is 3.74. The van der Waals surface area contributed by atoms with Gasteiger partial charge in [-0.15, -0.1) is 0 Å². The molecule has 0 spiro atoms. The van der Waals surface area contributed by atoms with Crippen LogP contribution < -0.4 is 11.1 Å². The lowest BCUT2D eigenvalue weighted by Gasteiger charge is -2.22. The molecule has 2 atom stereocenters. The number of nitrogens with two attached hydrogens (primary N) is 1. The first-order valence-electron chi connectivity index (χ1n) is 6.28. The van der Waals surface area contributed by atoms with Crippen LogP contribution in [0.5, 0.6) is 0 Å². The second-order valence-corrected chi connectivity index (χ2v) is 5.05. The van der Waals surface area contributed by atoms with Crippen molar-refractivity contribution < 1.29 is 0 Å². The van der Waals surface area contributed by atoms with Gasteiger partial charge in [-0.3, -0.25) is 4.98 Å². The monoisotopic (exact) mass is 217 g/mol. The van der Waals surface area contributed by atoms with E-state index in [1.807, 2.05) is 0 Å². The highest BCUT2D eigenvalue weighted by molar-refractivity contribution is 5.30. The molecule has 3 rings (SSSR count). The van der Waals surface area contributed by atoms with Crippen LogP contribution in [0.3, 0.4) is 0 Å². The summed E-state index contributed by atoms with van der Waals surface area (Å²) in [4.78, 5) is 4.81. The average molecular weight is 217 g/mol. The molecule has 0 saturated carbocycles. The van der Waals surface area contributed by atoms with E-state index in [2.05, 4.69) is 17.4 Å². The van der Waals surface area contributed by atoms with Crippen LogP contribution in [-0.4, -0.2) is 24.1 Å². The Kier molecular flexibility index (Phi) is 2.65. The van der Waals surface area contributed by atoms with Gasteiger partial charge in [-0.25, -0.2) is 0 Å². The molecule has 0 bridgehead atoms. The minimum absolute atomic E-state index is 0.294. The van der Waals surface area contributed by atoms with Gasteiger partial charge in [-0.1, -0.05) is 6.07 Å². The van der Waals surface area contributed by atoms with Crippen LogP contribution in [0.4, 0.5) is 0 Å². The molecule has 1 aliphatic heterocycles. The second-order valence-electron chi connectivity index (χ2n) is 5.05. The molecule has 16 heavy (non-hydrogen) atoms. The van der Waals surface area contributed by atoms with Crippen molar-refractivity contribution in [2.24, 2.45) is 5.73 Å². The first kappa shape index (κ1) is 10.2.